The molecule has 3 aromatic carbocycles. The Labute approximate surface area is 255 Å². The molecule has 0 aliphatic carbocycles. The van der Waals surface area contributed by atoms with Crippen LogP contribution in [0.4, 0.5) is 0 Å². The van der Waals surface area contributed by atoms with Crippen molar-refractivity contribution in [3.8, 4) is 23.0 Å². The summed E-state index contributed by atoms with van der Waals surface area (Å²) >= 11 is 0. The molecule has 0 spiro atoms. The van der Waals surface area contributed by atoms with Crippen LogP contribution in [0.1, 0.15) is 31.8 Å². The second-order valence-corrected chi connectivity index (χ2v) is 9.49. The lowest BCUT2D eigenvalue weighted by Gasteiger charge is -2.14. The SMILES string of the molecule is C=CC(=O)OCCOc1ccc(C(=O)Oc2ccc(OC(=O)c3ccc(OCC[n+]4ccn(C=C)c4)cc3)c(C)c2C)cc1. The number of esters is 3. The van der Waals surface area contributed by atoms with E-state index in [1.165, 1.54) is 0 Å². The van der Waals surface area contributed by atoms with Crippen molar-refractivity contribution in [3.63, 3.8) is 0 Å². The first kappa shape index (κ1) is 31.3. The molecule has 4 rings (SSSR count). The van der Waals surface area contributed by atoms with E-state index in [-0.39, 0.29) is 13.2 Å². The van der Waals surface area contributed by atoms with Crippen LogP contribution in [0.25, 0.3) is 6.20 Å². The summed E-state index contributed by atoms with van der Waals surface area (Å²) in [5.41, 5.74) is 2.00. The molecule has 1 aromatic heterocycles. The van der Waals surface area contributed by atoms with Gasteiger partial charge in [0, 0.05) is 6.08 Å². The molecule has 0 N–H and O–H groups in total. The number of carbonyl (C=O) groups is 3. The van der Waals surface area contributed by atoms with E-state index in [2.05, 4.69) is 13.2 Å². The van der Waals surface area contributed by atoms with Crippen LogP contribution in [0.15, 0.2) is 98.6 Å². The molecular formula is C34H33N2O8+. The van der Waals surface area contributed by atoms with Gasteiger partial charge in [0.1, 0.15) is 61.8 Å². The van der Waals surface area contributed by atoms with Crippen LogP contribution in [0.3, 0.4) is 0 Å². The van der Waals surface area contributed by atoms with E-state index in [1.54, 1.807) is 80.7 Å². The Balaban J connectivity index is 1.28. The van der Waals surface area contributed by atoms with Crippen molar-refractivity contribution in [1.82, 2.24) is 4.57 Å². The molecule has 226 valence electrons. The lowest BCUT2D eigenvalue weighted by Crippen LogP contribution is -2.34. The summed E-state index contributed by atoms with van der Waals surface area (Å²) in [5.74, 6) is 0.241. The quantitative estimate of drug-likeness (QED) is 0.0649. The van der Waals surface area contributed by atoms with E-state index < -0.39 is 17.9 Å². The van der Waals surface area contributed by atoms with Crippen LogP contribution in [-0.2, 0) is 16.1 Å². The topological polar surface area (TPSA) is 106 Å². The maximum absolute atomic E-state index is 12.8. The Hall–Kier alpha value is -5.64. The maximum Gasteiger partial charge on any atom is 0.343 e. The number of aromatic nitrogens is 2. The van der Waals surface area contributed by atoms with Gasteiger partial charge in [-0.3, -0.25) is 0 Å². The molecule has 0 aliphatic heterocycles. The number of nitrogens with zero attached hydrogens (tertiary/aromatic N) is 2. The Kier molecular flexibility index (Phi) is 10.7. The highest BCUT2D eigenvalue weighted by molar-refractivity contribution is 5.92. The minimum Gasteiger partial charge on any atom is -0.490 e. The normalized spacial score (nSPS) is 10.4. The van der Waals surface area contributed by atoms with Crippen LogP contribution < -0.4 is 23.5 Å². The Morgan fingerprint density at radius 1 is 0.750 bits per heavy atom. The molecule has 0 radical (unpaired) electrons. The molecule has 0 atom stereocenters. The van der Waals surface area contributed by atoms with Crippen LogP contribution in [0.2, 0.25) is 0 Å². The molecule has 4 aromatic rings. The smallest absolute Gasteiger partial charge is 0.343 e. The second-order valence-electron chi connectivity index (χ2n) is 9.49. The van der Waals surface area contributed by atoms with Gasteiger partial charge in [0.2, 0.25) is 6.33 Å². The number of carbonyl (C=O) groups excluding carboxylic acids is 3. The molecule has 10 nitrogen and oxygen atoms in total. The zero-order valence-corrected chi connectivity index (χ0v) is 24.6. The highest BCUT2D eigenvalue weighted by Gasteiger charge is 2.17. The predicted molar refractivity (Wildman–Crippen MR) is 162 cm³/mol. The molecule has 0 saturated carbocycles. The molecule has 0 amide bonds. The molecule has 10 heteroatoms. The minimum absolute atomic E-state index is 0.0761. The first-order valence-corrected chi connectivity index (χ1v) is 13.8. The van der Waals surface area contributed by atoms with Gasteiger partial charge in [0.25, 0.3) is 0 Å². The van der Waals surface area contributed by atoms with E-state index in [0.29, 0.717) is 58.4 Å². The summed E-state index contributed by atoms with van der Waals surface area (Å²) in [6, 6.07) is 16.3. The standard InChI is InChI=1S/C34H33N2O8/c1-5-32(37)42-22-21-41-29-13-9-27(10-14-29)34(39)44-31-16-15-30(24(3)25(31)4)43-33(38)26-7-11-28(12-8-26)40-20-19-36-18-17-35(6-2)23-36/h5-18,23H,1-2,19-22H2,3-4H3/q+1. The summed E-state index contributed by atoms with van der Waals surface area (Å²) in [6.07, 6.45) is 8.51. The Morgan fingerprint density at radius 2 is 1.27 bits per heavy atom. The minimum atomic E-state index is -0.556. The average molecular weight is 598 g/mol. The van der Waals surface area contributed by atoms with Crippen LogP contribution in [-0.4, -0.2) is 42.3 Å². The Morgan fingerprint density at radius 3 is 1.75 bits per heavy atom. The first-order valence-electron chi connectivity index (χ1n) is 13.8. The number of benzene rings is 3. The van der Waals surface area contributed by atoms with Crippen molar-refractivity contribution in [2.75, 3.05) is 19.8 Å². The summed E-state index contributed by atoms with van der Waals surface area (Å²) in [4.78, 5) is 36.6. The van der Waals surface area contributed by atoms with Crippen LogP contribution in [0.5, 0.6) is 23.0 Å². The third-order valence-electron chi connectivity index (χ3n) is 6.58. The summed E-state index contributed by atoms with van der Waals surface area (Å²) in [6.45, 7) is 12.0. The number of rotatable bonds is 14. The van der Waals surface area contributed by atoms with Crippen molar-refractivity contribution in [3.05, 3.63) is 121 Å². The van der Waals surface area contributed by atoms with E-state index in [4.69, 9.17) is 23.7 Å². The Bertz CT molecular complexity index is 1640. The van der Waals surface area contributed by atoms with Gasteiger partial charge in [0.05, 0.1) is 17.3 Å². The first-order chi connectivity index (χ1) is 21.3. The van der Waals surface area contributed by atoms with Gasteiger partial charge >= 0.3 is 17.9 Å². The fraction of sp³-hybridized carbons (Fsp3) is 0.176. The molecule has 0 unspecified atom stereocenters. The zero-order valence-electron chi connectivity index (χ0n) is 24.6. The zero-order chi connectivity index (χ0) is 31.5. The lowest BCUT2D eigenvalue weighted by molar-refractivity contribution is -0.696. The number of imidazole rings is 1. The number of hydrogen-bond donors (Lipinski definition) is 0. The summed E-state index contributed by atoms with van der Waals surface area (Å²) in [5, 5.41) is 0. The maximum atomic E-state index is 12.8. The molecule has 1 heterocycles. The molecule has 0 bridgehead atoms. The van der Waals surface area contributed by atoms with Crippen molar-refractivity contribution in [2.24, 2.45) is 0 Å². The number of ether oxygens (including phenoxy) is 5. The predicted octanol–water partition coefficient (Wildman–Crippen LogP) is 5.12. The molecule has 44 heavy (non-hydrogen) atoms. The fourth-order valence-corrected chi connectivity index (χ4v) is 3.96. The summed E-state index contributed by atoms with van der Waals surface area (Å²) < 4.78 is 31.2. The van der Waals surface area contributed by atoms with E-state index in [1.807, 2.05) is 27.9 Å². The van der Waals surface area contributed by atoms with Crippen molar-refractivity contribution >= 4 is 24.1 Å². The third-order valence-corrected chi connectivity index (χ3v) is 6.58. The highest BCUT2D eigenvalue weighted by Crippen LogP contribution is 2.30. The van der Waals surface area contributed by atoms with Gasteiger partial charge in [-0.15, -0.1) is 0 Å². The largest absolute Gasteiger partial charge is 0.490 e. The van der Waals surface area contributed by atoms with Gasteiger partial charge in [-0.2, -0.15) is 0 Å². The van der Waals surface area contributed by atoms with Gasteiger partial charge in [-0.1, -0.05) is 13.2 Å². The van der Waals surface area contributed by atoms with Gasteiger partial charge in [-0.25, -0.2) is 23.5 Å². The highest BCUT2D eigenvalue weighted by atomic mass is 16.6. The fourth-order valence-electron chi connectivity index (χ4n) is 3.96. The molecule has 0 saturated heterocycles. The molecular weight excluding hydrogens is 564 g/mol. The average Bonchev–Trinajstić information content (AvgIpc) is 3.51. The summed E-state index contributed by atoms with van der Waals surface area (Å²) in [7, 11) is 0. The molecule has 0 fully saturated rings. The van der Waals surface area contributed by atoms with E-state index in [9.17, 15) is 14.4 Å². The molecule has 0 aliphatic rings. The van der Waals surface area contributed by atoms with Crippen LogP contribution in [0, 0.1) is 13.8 Å². The van der Waals surface area contributed by atoms with Crippen LogP contribution >= 0.6 is 0 Å². The van der Waals surface area contributed by atoms with Crippen molar-refractivity contribution in [2.45, 2.75) is 20.4 Å². The van der Waals surface area contributed by atoms with Gasteiger partial charge < -0.3 is 23.7 Å². The van der Waals surface area contributed by atoms with Gasteiger partial charge in [0.15, 0.2) is 0 Å². The third kappa shape index (κ3) is 8.45. The lowest BCUT2D eigenvalue weighted by atomic mass is 10.1. The number of hydrogen-bond acceptors (Lipinski definition) is 8. The monoisotopic (exact) mass is 597 g/mol. The van der Waals surface area contributed by atoms with Crippen molar-refractivity contribution < 1.29 is 42.6 Å². The van der Waals surface area contributed by atoms with Crippen molar-refractivity contribution in [1.29, 1.82) is 0 Å². The van der Waals surface area contributed by atoms with Gasteiger partial charge in [-0.05, 0) is 85.6 Å². The van der Waals surface area contributed by atoms with E-state index >= 15 is 0 Å². The second kappa shape index (κ2) is 15.0. The van der Waals surface area contributed by atoms with E-state index in [0.717, 1.165) is 6.08 Å².